The lowest BCUT2D eigenvalue weighted by Crippen LogP contribution is -2.45. The normalized spacial score (nSPS) is 18.3. The summed E-state index contributed by atoms with van der Waals surface area (Å²) in [7, 11) is 1.33. The highest BCUT2D eigenvalue weighted by molar-refractivity contribution is 5.94. The second kappa shape index (κ2) is 5.99. The Morgan fingerprint density at radius 2 is 1.86 bits per heavy atom. The Labute approximate surface area is 124 Å². The lowest BCUT2D eigenvalue weighted by Gasteiger charge is -2.28. The predicted molar refractivity (Wildman–Crippen MR) is 79.7 cm³/mol. The molecule has 2 amide bonds. The molecule has 1 aromatic carbocycles. The second-order valence-corrected chi connectivity index (χ2v) is 5.38. The van der Waals surface area contributed by atoms with E-state index in [1.54, 1.807) is 6.92 Å². The van der Waals surface area contributed by atoms with E-state index in [9.17, 15) is 9.59 Å². The van der Waals surface area contributed by atoms with Gasteiger partial charge in [0.25, 0.3) is 0 Å². The quantitative estimate of drug-likeness (QED) is 0.840. The second-order valence-electron chi connectivity index (χ2n) is 5.38. The molecule has 0 aliphatic carbocycles. The number of benzene rings is 1. The molecule has 21 heavy (non-hydrogen) atoms. The van der Waals surface area contributed by atoms with Crippen molar-refractivity contribution in [1.29, 1.82) is 0 Å². The SMILES string of the molecule is COC(=O)C1=C(C)NC(=O)N[C@@H]1c1ccc(C(C)C)cc1. The first-order valence-electron chi connectivity index (χ1n) is 6.90. The molecule has 0 saturated carbocycles. The fourth-order valence-corrected chi connectivity index (χ4v) is 2.40. The summed E-state index contributed by atoms with van der Waals surface area (Å²) in [5.74, 6) is -0.0167. The molecule has 1 aromatic rings. The van der Waals surface area contributed by atoms with Crippen LogP contribution >= 0.6 is 0 Å². The minimum Gasteiger partial charge on any atom is -0.466 e. The predicted octanol–water partition coefficient (Wildman–Crippen LogP) is 2.61. The maximum absolute atomic E-state index is 12.0. The minimum absolute atomic E-state index is 0.321. The molecule has 1 heterocycles. The van der Waals surface area contributed by atoms with Crippen LogP contribution in [0.1, 0.15) is 43.9 Å². The molecular weight excluding hydrogens is 268 g/mol. The van der Waals surface area contributed by atoms with Crippen molar-refractivity contribution in [3.63, 3.8) is 0 Å². The van der Waals surface area contributed by atoms with Crippen LogP contribution in [0.4, 0.5) is 4.79 Å². The minimum atomic E-state index is -0.493. The van der Waals surface area contributed by atoms with E-state index in [0.29, 0.717) is 17.2 Å². The van der Waals surface area contributed by atoms with E-state index in [0.717, 1.165) is 5.56 Å². The summed E-state index contributed by atoms with van der Waals surface area (Å²) in [6, 6.07) is 7.08. The Morgan fingerprint density at radius 1 is 1.24 bits per heavy atom. The van der Waals surface area contributed by atoms with Crippen LogP contribution < -0.4 is 10.6 Å². The van der Waals surface area contributed by atoms with Crippen LogP contribution in [0.25, 0.3) is 0 Å². The van der Waals surface area contributed by atoms with Crippen LogP contribution in [0.3, 0.4) is 0 Å². The van der Waals surface area contributed by atoms with Gasteiger partial charge in [0.05, 0.1) is 18.7 Å². The van der Waals surface area contributed by atoms with Crippen molar-refractivity contribution in [2.75, 3.05) is 7.11 Å². The molecule has 5 nitrogen and oxygen atoms in total. The van der Waals surface area contributed by atoms with Gasteiger partial charge in [0, 0.05) is 5.70 Å². The summed E-state index contributed by atoms with van der Waals surface area (Å²) in [5, 5.41) is 5.37. The number of carbonyl (C=O) groups excluding carboxylic acids is 2. The zero-order chi connectivity index (χ0) is 15.6. The van der Waals surface area contributed by atoms with Gasteiger partial charge in [-0.3, -0.25) is 0 Å². The van der Waals surface area contributed by atoms with Crippen LogP contribution in [-0.4, -0.2) is 19.1 Å². The van der Waals surface area contributed by atoms with Crippen LogP contribution in [0.5, 0.6) is 0 Å². The van der Waals surface area contributed by atoms with E-state index >= 15 is 0 Å². The molecule has 0 fully saturated rings. The molecule has 0 aromatic heterocycles. The topological polar surface area (TPSA) is 67.4 Å². The van der Waals surface area contributed by atoms with Crippen molar-refractivity contribution in [2.45, 2.75) is 32.7 Å². The van der Waals surface area contributed by atoms with Crippen LogP contribution in [0.2, 0.25) is 0 Å². The molecule has 0 radical (unpaired) electrons. The number of amides is 2. The van der Waals surface area contributed by atoms with Crippen molar-refractivity contribution in [3.05, 3.63) is 46.7 Å². The summed E-state index contributed by atoms with van der Waals surface area (Å²) in [5.41, 5.74) is 3.01. The van der Waals surface area contributed by atoms with Gasteiger partial charge in [-0.15, -0.1) is 0 Å². The summed E-state index contributed by atoms with van der Waals surface area (Å²) in [4.78, 5) is 23.7. The van der Waals surface area contributed by atoms with Gasteiger partial charge in [-0.2, -0.15) is 0 Å². The molecule has 2 N–H and O–H groups in total. The maximum atomic E-state index is 12.0. The number of rotatable bonds is 3. The van der Waals surface area contributed by atoms with Gasteiger partial charge in [0.2, 0.25) is 0 Å². The monoisotopic (exact) mass is 288 g/mol. The van der Waals surface area contributed by atoms with Gasteiger partial charge >= 0.3 is 12.0 Å². The third-order valence-corrected chi connectivity index (χ3v) is 3.61. The molecule has 0 bridgehead atoms. The fourth-order valence-electron chi connectivity index (χ4n) is 2.40. The first-order chi connectivity index (χ1) is 9.93. The van der Waals surface area contributed by atoms with E-state index in [2.05, 4.69) is 24.5 Å². The van der Waals surface area contributed by atoms with E-state index in [4.69, 9.17) is 4.74 Å². The van der Waals surface area contributed by atoms with Crippen molar-refractivity contribution in [3.8, 4) is 0 Å². The molecule has 0 saturated heterocycles. The Kier molecular flexibility index (Phi) is 4.31. The maximum Gasteiger partial charge on any atom is 0.337 e. The van der Waals surface area contributed by atoms with E-state index < -0.39 is 12.0 Å². The number of hydrogen-bond acceptors (Lipinski definition) is 3. The summed E-state index contributed by atoms with van der Waals surface area (Å²) in [6.45, 7) is 5.93. The molecule has 5 heteroatoms. The van der Waals surface area contributed by atoms with Gasteiger partial charge in [0.15, 0.2) is 0 Å². The summed E-state index contributed by atoms with van der Waals surface area (Å²) < 4.78 is 4.82. The van der Waals surface area contributed by atoms with E-state index in [1.807, 2.05) is 24.3 Å². The number of carbonyl (C=O) groups is 2. The highest BCUT2D eigenvalue weighted by Gasteiger charge is 2.31. The average Bonchev–Trinajstić information content (AvgIpc) is 2.45. The lowest BCUT2D eigenvalue weighted by molar-refractivity contribution is -0.136. The number of urea groups is 1. The number of ether oxygens (including phenoxy) is 1. The third-order valence-electron chi connectivity index (χ3n) is 3.61. The first kappa shape index (κ1) is 15.1. The smallest absolute Gasteiger partial charge is 0.337 e. The molecule has 2 rings (SSSR count). The average molecular weight is 288 g/mol. The third kappa shape index (κ3) is 3.07. The lowest BCUT2D eigenvalue weighted by atomic mass is 9.93. The number of allylic oxidation sites excluding steroid dienone is 1. The first-order valence-corrected chi connectivity index (χ1v) is 6.90. The van der Waals surface area contributed by atoms with Crippen LogP contribution in [-0.2, 0) is 9.53 Å². The summed E-state index contributed by atoms with van der Waals surface area (Å²) >= 11 is 0. The van der Waals surface area contributed by atoms with Gasteiger partial charge in [0.1, 0.15) is 0 Å². The number of nitrogens with one attached hydrogen (secondary N) is 2. The van der Waals surface area contributed by atoms with E-state index in [-0.39, 0.29) is 6.03 Å². The van der Waals surface area contributed by atoms with E-state index in [1.165, 1.54) is 12.7 Å². The molecule has 0 spiro atoms. The zero-order valence-electron chi connectivity index (χ0n) is 12.7. The van der Waals surface area contributed by atoms with Crippen molar-refractivity contribution in [2.24, 2.45) is 0 Å². The Morgan fingerprint density at radius 3 is 2.38 bits per heavy atom. The zero-order valence-corrected chi connectivity index (χ0v) is 12.7. The highest BCUT2D eigenvalue weighted by atomic mass is 16.5. The standard InChI is InChI=1S/C16H20N2O3/c1-9(2)11-5-7-12(8-6-11)14-13(15(19)21-4)10(3)17-16(20)18-14/h5-9,14H,1-4H3,(H2,17,18,20)/t14-/m1/s1. The highest BCUT2D eigenvalue weighted by Crippen LogP contribution is 2.28. The molecule has 0 unspecified atom stereocenters. The molecule has 1 aliphatic heterocycles. The van der Waals surface area contributed by atoms with Crippen molar-refractivity contribution in [1.82, 2.24) is 10.6 Å². The number of hydrogen-bond donors (Lipinski definition) is 2. The molecule has 1 aliphatic rings. The number of methoxy groups -OCH3 is 1. The summed E-state index contributed by atoms with van der Waals surface area (Å²) in [6.07, 6.45) is 0. The molecular formula is C16H20N2O3. The fraction of sp³-hybridized carbons (Fsp3) is 0.375. The molecule has 112 valence electrons. The van der Waals surface area contributed by atoms with Crippen molar-refractivity contribution >= 4 is 12.0 Å². The van der Waals surface area contributed by atoms with Gasteiger partial charge in [-0.25, -0.2) is 9.59 Å². The van der Waals surface area contributed by atoms with Gasteiger partial charge < -0.3 is 15.4 Å². The Balaban J connectivity index is 2.41. The van der Waals surface area contributed by atoms with Gasteiger partial charge in [-0.1, -0.05) is 38.1 Å². The number of esters is 1. The van der Waals surface area contributed by atoms with Crippen LogP contribution in [0.15, 0.2) is 35.5 Å². The Hall–Kier alpha value is -2.30. The van der Waals surface area contributed by atoms with Crippen molar-refractivity contribution < 1.29 is 14.3 Å². The molecule has 1 atom stereocenters. The largest absolute Gasteiger partial charge is 0.466 e. The van der Waals surface area contributed by atoms with Crippen LogP contribution in [0, 0.1) is 0 Å². The van der Waals surface area contributed by atoms with Gasteiger partial charge in [-0.05, 0) is 24.0 Å². The Bertz CT molecular complexity index is 588.